The fourth-order valence-electron chi connectivity index (χ4n) is 3.22. The van der Waals surface area contributed by atoms with Crippen molar-refractivity contribution >= 4 is 45.2 Å². The average molecular weight is 550 g/mol. The molecule has 3 aromatic rings. The fourth-order valence-corrected chi connectivity index (χ4v) is 3.79. The third-order valence-corrected chi connectivity index (χ3v) is 5.66. The average Bonchev–Trinajstić information content (AvgIpc) is 2.85. The summed E-state index contributed by atoms with van der Waals surface area (Å²) in [6, 6.07) is 16.8. The summed E-state index contributed by atoms with van der Waals surface area (Å²) in [6.45, 7) is 3.59. The first-order valence-electron chi connectivity index (χ1n) is 10.8. The van der Waals surface area contributed by atoms with Crippen molar-refractivity contribution in [1.29, 1.82) is 5.26 Å². The van der Waals surface area contributed by atoms with Crippen molar-refractivity contribution in [3.05, 3.63) is 81.3 Å². The van der Waals surface area contributed by atoms with Gasteiger partial charge in [-0.25, -0.2) is 0 Å². The summed E-state index contributed by atoms with van der Waals surface area (Å²) in [7, 11) is 1.45. The number of amides is 2. The van der Waals surface area contributed by atoms with Crippen LogP contribution in [0.25, 0.3) is 6.08 Å². The number of carbonyl (C=O) groups is 2. The van der Waals surface area contributed by atoms with Crippen molar-refractivity contribution in [2.75, 3.05) is 24.4 Å². The molecule has 0 saturated heterocycles. The lowest BCUT2D eigenvalue weighted by Crippen LogP contribution is -2.21. The highest BCUT2D eigenvalue weighted by atomic mass is 79.9. The first kappa shape index (κ1) is 26.3. The highest BCUT2D eigenvalue weighted by Gasteiger charge is 2.16. The van der Waals surface area contributed by atoms with Crippen LogP contribution >= 0.6 is 15.9 Å². The van der Waals surface area contributed by atoms with Crippen LogP contribution in [0.15, 0.2) is 64.6 Å². The molecule has 36 heavy (non-hydrogen) atoms. The van der Waals surface area contributed by atoms with E-state index in [4.69, 9.17) is 9.47 Å². The van der Waals surface area contributed by atoms with Crippen LogP contribution in [-0.2, 0) is 9.59 Å². The molecule has 0 bridgehead atoms. The van der Waals surface area contributed by atoms with Gasteiger partial charge in [-0.3, -0.25) is 9.59 Å². The molecule has 3 aromatic carbocycles. The minimum atomic E-state index is -0.610. The zero-order chi connectivity index (χ0) is 26.2. The maximum atomic E-state index is 12.5. The first-order valence-corrected chi connectivity index (χ1v) is 11.6. The number of nitrogens with one attached hydrogen (secondary N) is 2. The normalized spacial score (nSPS) is 10.8. The standard InChI is InChI=1S/C27H24BrN3O5/c1-16-4-5-17(2)23(10-16)31-25(33)15-36-26-22(28)12-18(13-24(26)35-3)11-19(14-29)27(34)30-20-6-8-21(32)9-7-20/h4-13,32H,15H2,1-3H3,(H,30,34)(H,31,33)/b19-11+. The van der Waals surface area contributed by atoms with Gasteiger partial charge in [0.05, 0.1) is 11.6 Å². The Kier molecular flexibility index (Phi) is 8.71. The predicted molar refractivity (Wildman–Crippen MR) is 141 cm³/mol. The van der Waals surface area contributed by atoms with E-state index in [-0.39, 0.29) is 23.8 Å². The minimum absolute atomic E-state index is 0.0612. The van der Waals surface area contributed by atoms with E-state index in [9.17, 15) is 20.0 Å². The van der Waals surface area contributed by atoms with Gasteiger partial charge in [-0.2, -0.15) is 5.26 Å². The molecule has 0 radical (unpaired) electrons. The van der Waals surface area contributed by atoms with Crippen LogP contribution in [0, 0.1) is 25.2 Å². The van der Waals surface area contributed by atoms with E-state index in [1.807, 2.05) is 38.1 Å². The third-order valence-electron chi connectivity index (χ3n) is 5.07. The summed E-state index contributed by atoms with van der Waals surface area (Å²) >= 11 is 3.41. The molecule has 0 saturated carbocycles. The fraction of sp³-hybridized carbons (Fsp3) is 0.148. The molecule has 8 nitrogen and oxygen atoms in total. The van der Waals surface area contributed by atoms with E-state index in [0.717, 1.165) is 11.1 Å². The number of hydrogen-bond acceptors (Lipinski definition) is 6. The lowest BCUT2D eigenvalue weighted by atomic mass is 10.1. The van der Waals surface area contributed by atoms with Gasteiger partial charge in [0.15, 0.2) is 18.1 Å². The number of nitrogens with zero attached hydrogens (tertiary/aromatic N) is 1. The molecule has 0 heterocycles. The highest BCUT2D eigenvalue weighted by Crippen LogP contribution is 2.37. The van der Waals surface area contributed by atoms with Crippen molar-refractivity contribution in [1.82, 2.24) is 0 Å². The monoisotopic (exact) mass is 549 g/mol. The lowest BCUT2D eigenvalue weighted by molar-refractivity contribution is -0.118. The number of aromatic hydroxyl groups is 1. The molecule has 3 N–H and O–H groups in total. The zero-order valence-electron chi connectivity index (χ0n) is 19.9. The van der Waals surface area contributed by atoms with Crippen molar-refractivity contribution in [3.63, 3.8) is 0 Å². The van der Waals surface area contributed by atoms with Crippen molar-refractivity contribution < 1.29 is 24.2 Å². The maximum absolute atomic E-state index is 12.5. The van der Waals surface area contributed by atoms with Crippen molar-refractivity contribution in [2.45, 2.75) is 13.8 Å². The molecular weight excluding hydrogens is 526 g/mol. The van der Waals surface area contributed by atoms with Crippen LogP contribution in [0.2, 0.25) is 0 Å². The van der Waals surface area contributed by atoms with E-state index in [1.54, 1.807) is 12.1 Å². The Balaban J connectivity index is 1.74. The number of ether oxygens (including phenoxy) is 2. The topological polar surface area (TPSA) is 121 Å². The van der Waals surface area contributed by atoms with Gasteiger partial charge in [-0.1, -0.05) is 12.1 Å². The third kappa shape index (κ3) is 6.87. The van der Waals surface area contributed by atoms with E-state index >= 15 is 0 Å². The number of hydrogen-bond donors (Lipinski definition) is 3. The van der Waals surface area contributed by atoms with Gasteiger partial charge >= 0.3 is 0 Å². The lowest BCUT2D eigenvalue weighted by Gasteiger charge is -2.14. The van der Waals surface area contributed by atoms with Gasteiger partial charge < -0.3 is 25.2 Å². The largest absolute Gasteiger partial charge is 0.508 e. The summed E-state index contributed by atoms with van der Waals surface area (Å²) in [5, 5.41) is 24.3. The smallest absolute Gasteiger partial charge is 0.266 e. The van der Waals surface area contributed by atoms with E-state index < -0.39 is 5.91 Å². The molecule has 0 atom stereocenters. The SMILES string of the molecule is COc1cc(/C=C(\C#N)C(=O)Nc2ccc(O)cc2)cc(Br)c1OCC(=O)Nc1cc(C)ccc1C. The van der Waals surface area contributed by atoms with Crippen LogP contribution in [0.5, 0.6) is 17.2 Å². The molecule has 2 amide bonds. The number of aryl methyl sites for hydroxylation is 2. The molecule has 0 aliphatic heterocycles. The molecule has 0 aliphatic carbocycles. The minimum Gasteiger partial charge on any atom is -0.508 e. The number of halogens is 1. The second kappa shape index (κ2) is 11.9. The first-order chi connectivity index (χ1) is 17.2. The Labute approximate surface area is 217 Å². The van der Waals surface area contributed by atoms with Gasteiger partial charge in [-0.15, -0.1) is 0 Å². The van der Waals surface area contributed by atoms with E-state index in [1.165, 1.54) is 37.5 Å². The van der Waals surface area contributed by atoms with Crippen LogP contribution in [0.3, 0.4) is 0 Å². The summed E-state index contributed by atoms with van der Waals surface area (Å²) in [4.78, 5) is 25.0. The maximum Gasteiger partial charge on any atom is 0.266 e. The second-order valence-electron chi connectivity index (χ2n) is 7.86. The number of rotatable bonds is 8. The molecule has 0 aliphatic rings. The molecule has 3 rings (SSSR count). The quantitative estimate of drug-likeness (QED) is 0.198. The molecule has 0 aromatic heterocycles. The number of methoxy groups -OCH3 is 1. The molecule has 9 heteroatoms. The number of phenols is 1. The Hall–Kier alpha value is -4.29. The molecule has 0 fully saturated rings. The number of anilines is 2. The van der Waals surface area contributed by atoms with Crippen molar-refractivity contribution in [3.8, 4) is 23.3 Å². The van der Waals surface area contributed by atoms with Crippen LogP contribution in [0.4, 0.5) is 11.4 Å². The van der Waals surface area contributed by atoms with E-state index in [0.29, 0.717) is 32.9 Å². The Morgan fingerprint density at radius 3 is 2.47 bits per heavy atom. The predicted octanol–water partition coefficient (Wildman–Crippen LogP) is 5.34. The summed E-state index contributed by atoms with van der Waals surface area (Å²) in [5.74, 6) is -0.267. The number of phenolic OH excluding ortho intramolecular Hbond substituents is 1. The Bertz CT molecular complexity index is 1360. The van der Waals surface area contributed by atoms with Gasteiger partial charge in [0, 0.05) is 11.4 Å². The van der Waals surface area contributed by atoms with Gasteiger partial charge in [-0.05, 0) is 95.0 Å². The van der Waals surface area contributed by atoms with Crippen LogP contribution in [-0.4, -0.2) is 30.6 Å². The van der Waals surface area contributed by atoms with Gasteiger partial charge in [0.2, 0.25) is 0 Å². The molecular formula is C27H24BrN3O5. The molecule has 0 spiro atoms. The highest BCUT2D eigenvalue weighted by molar-refractivity contribution is 9.10. The van der Waals surface area contributed by atoms with Crippen LogP contribution < -0.4 is 20.1 Å². The summed E-state index contributed by atoms with van der Waals surface area (Å²) < 4.78 is 11.6. The summed E-state index contributed by atoms with van der Waals surface area (Å²) in [5.41, 5.74) is 3.47. The molecule has 184 valence electrons. The Morgan fingerprint density at radius 1 is 1.08 bits per heavy atom. The van der Waals surface area contributed by atoms with Gasteiger partial charge in [0.1, 0.15) is 17.4 Å². The number of carbonyl (C=O) groups excluding carboxylic acids is 2. The van der Waals surface area contributed by atoms with Gasteiger partial charge in [0.25, 0.3) is 11.8 Å². The van der Waals surface area contributed by atoms with E-state index in [2.05, 4.69) is 26.6 Å². The van der Waals surface area contributed by atoms with Crippen LogP contribution in [0.1, 0.15) is 16.7 Å². The van der Waals surface area contributed by atoms with Crippen molar-refractivity contribution in [2.24, 2.45) is 0 Å². The second-order valence-corrected chi connectivity index (χ2v) is 8.71. The summed E-state index contributed by atoms with van der Waals surface area (Å²) in [6.07, 6.45) is 1.40. The number of nitriles is 1. The number of benzene rings is 3. The Morgan fingerprint density at radius 2 is 1.81 bits per heavy atom. The zero-order valence-corrected chi connectivity index (χ0v) is 21.5. The molecule has 0 unspecified atom stereocenters.